The van der Waals surface area contributed by atoms with E-state index in [1.807, 2.05) is 32.9 Å². The fraction of sp³-hybridized carbons (Fsp3) is 0.458. The van der Waals surface area contributed by atoms with Crippen molar-refractivity contribution in [2.24, 2.45) is 5.92 Å². The summed E-state index contributed by atoms with van der Waals surface area (Å²) in [4.78, 5) is 20.0. The van der Waals surface area contributed by atoms with Gasteiger partial charge in [-0.3, -0.25) is 9.00 Å². The van der Waals surface area contributed by atoms with Gasteiger partial charge < -0.3 is 5.11 Å². The first-order valence-electron chi connectivity index (χ1n) is 10.9. The summed E-state index contributed by atoms with van der Waals surface area (Å²) in [5.41, 5.74) is 3.24. The summed E-state index contributed by atoms with van der Waals surface area (Å²) in [6.07, 6.45) is -0.813. The Hall–Kier alpha value is -2.55. The molecule has 2 unspecified atom stereocenters. The van der Waals surface area contributed by atoms with Gasteiger partial charge in [0.25, 0.3) is 0 Å². The predicted octanol–water partition coefficient (Wildman–Crippen LogP) is 5.37. The fourth-order valence-corrected chi connectivity index (χ4v) is 5.34. The van der Waals surface area contributed by atoms with Crippen molar-refractivity contribution >= 4 is 22.2 Å². The maximum absolute atomic E-state index is 13.1. The minimum Gasteiger partial charge on any atom is -0.512 e. The summed E-state index contributed by atoms with van der Waals surface area (Å²) in [5, 5.41) is 10.8. The summed E-state index contributed by atoms with van der Waals surface area (Å²) in [6.45, 7) is 6.05. The molecule has 2 aromatic rings. The number of benzene rings is 1. The summed E-state index contributed by atoms with van der Waals surface area (Å²) < 4.78 is 50.3. The molecule has 1 N–H and O–H groups in total. The van der Waals surface area contributed by atoms with Gasteiger partial charge in [0.1, 0.15) is 10.8 Å². The van der Waals surface area contributed by atoms with Gasteiger partial charge in [-0.1, -0.05) is 31.5 Å². The van der Waals surface area contributed by atoms with E-state index in [1.165, 1.54) is 0 Å². The van der Waals surface area contributed by atoms with Crippen LogP contribution in [0.3, 0.4) is 0 Å². The number of hydrogen-bond donors (Lipinski definition) is 1. The number of aliphatic hydroxyl groups is 1. The average Bonchev–Trinajstić information content (AvgIpc) is 2.76. The van der Waals surface area contributed by atoms with E-state index in [9.17, 15) is 27.3 Å². The summed E-state index contributed by atoms with van der Waals surface area (Å²) in [6, 6.07) is 4.09. The summed E-state index contributed by atoms with van der Waals surface area (Å²) >= 11 is 0. The first kappa shape index (κ1) is 25.1. The number of ketones is 1. The first-order valence-corrected chi connectivity index (χ1v) is 12.2. The minimum atomic E-state index is -4.61. The molecule has 1 aromatic carbocycles. The molecule has 0 spiro atoms. The number of Topliss-reactive ketones (excluding diaryl/α,β-unsaturated/α-hetero) is 1. The SMILES string of the molecule is CCc1cc(C)cc(CC)c1C1=C(O)CC(CCS(=O)c2cnc(C(F)(F)F)cn2)CC1=O. The van der Waals surface area contributed by atoms with Crippen LogP contribution in [0.15, 0.2) is 35.3 Å². The molecule has 1 aliphatic rings. The lowest BCUT2D eigenvalue weighted by molar-refractivity contribution is -0.141. The van der Waals surface area contributed by atoms with Crippen molar-refractivity contribution in [1.82, 2.24) is 9.97 Å². The van der Waals surface area contributed by atoms with E-state index in [0.717, 1.165) is 41.3 Å². The molecule has 0 radical (unpaired) electrons. The highest BCUT2D eigenvalue weighted by Gasteiger charge is 2.33. The number of aryl methyl sites for hydroxylation is 3. The van der Waals surface area contributed by atoms with Crippen LogP contribution in [0.4, 0.5) is 13.2 Å². The monoisotopic (exact) mass is 480 g/mol. The largest absolute Gasteiger partial charge is 0.512 e. The van der Waals surface area contributed by atoms with Crippen LogP contribution >= 0.6 is 0 Å². The van der Waals surface area contributed by atoms with Gasteiger partial charge in [0.05, 0.1) is 28.8 Å². The number of rotatable bonds is 7. The lowest BCUT2D eigenvalue weighted by atomic mass is 9.79. The molecule has 1 aromatic heterocycles. The molecule has 0 saturated carbocycles. The maximum Gasteiger partial charge on any atom is 0.434 e. The molecule has 0 fully saturated rings. The van der Waals surface area contributed by atoms with Crippen LogP contribution in [0.2, 0.25) is 0 Å². The van der Waals surface area contributed by atoms with E-state index < -0.39 is 22.7 Å². The highest BCUT2D eigenvalue weighted by Crippen LogP contribution is 2.37. The normalized spacial score (nSPS) is 18.0. The molecule has 0 amide bonds. The molecule has 1 aliphatic carbocycles. The van der Waals surface area contributed by atoms with Gasteiger partial charge in [0.2, 0.25) is 0 Å². The van der Waals surface area contributed by atoms with E-state index in [2.05, 4.69) is 9.97 Å². The van der Waals surface area contributed by atoms with Gasteiger partial charge in [0.15, 0.2) is 11.5 Å². The zero-order chi connectivity index (χ0) is 24.3. The van der Waals surface area contributed by atoms with Gasteiger partial charge in [-0.15, -0.1) is 0 Å². The van der Waals surface area contributed by atoms with Crippen molar-refractivity contribution in [2.45, 2.75) is 64.1 Å². The van der Waals surface area contributed by atoms with Crippen LogP contribution in [-0.2, 0) is 34.6 Å². The van der Waals surface area contributed by atoms with Gasteiger partial charge in [-0.25, -0.2) is 9.97 Å². The zero-order valence-electron chi connectivity index (χ0n) is 18.8. The lowest BCUT2D eigenvalue weighted by Crippen LogP contribution is -2.22. The number of allylic oxidation sites excluding steroid dienone is 2. The van der Waals surface area contributed by atoms with Crippen LogP contribution in [0.5, 0.6) is 0 Å². The van der Waals surface area contributed by atoms with Crippen LogP contribution < -0.4 is 0 Å². The third-order valence-corrected chi connectivity index (χ3v) is 7.13. The zero-order valence-corrected chi connectivity index (χ0v) is 19.6. The van der Waals surface area contributed by atoms with Crippen molar-refractivity contribution in [1.29, 1.82) is 0 Å². The second-order valence-corrected chi connectivity index (χ2v) is 9.78. The Bertz CT molecular complexity index is 1070. The molecule has 0 saturated heterocycles. The van der Waals surface area contributed by atoms with Gasteiger partial charge in [-0.2, -0.15) is 13.2 Å². The molecule has 33 heavy (non-hydrogen) atoms. The standard InChI is InChI=1S/C24H27F3N2O3S/c1-4-16-8-14(3)9-17(5-2)22(16)23-18(30)10-15(11-19(23)31)6-7-33(32)21-13-28-20(12-29-21)24(25,26)27/h8-9,12-13,15,30H,4-7,10-11H2,1-3H3. The van der Waals surface area contributed by atoms with E-state index in [1.54, 1.807) is 0 Å². The van der Waals surface area contributed by atoms with Crippen molar-refractivity contribution in [2.75, 3.05) is 5.75 Å². The molecule has 5 nitrogen and oxygen atoms in total. The second-order valence-electron chi connectivity index (χ2n) is 8.26. The topological polar surface area (TPSA) is 80.2 Å². The third-order valence-electron chi connectivity index (χ3n) is 5.84. The Morgan fingerprint density at radius 2 is 1.73 bits per heavy atom. The summed E-state index contributed by atoms with van der Waals surface area (Å²) in [7, 11) is -1.65. The number of nitrogens with zero attached hydrogens (tertiary/aromatic N) is 2. The highest BCUT2D eigenvalue weighted by molar-refractivity contribution is 7.84. The van der Waals surface area contributed by atoms with Crippen molar-refractivity contribution in [3.63, 3.8) is 0 Å². The minimum absolute atomic E-state index is 0.0366. The average molecular weight is 481 g/mol. The fourth-order valence-electron chi connectivity index (χ4n) is 4.24. The second kappa shape index (κ2) is 10.2. The molecule has 9 heteroatoms. The Kier molecular flexibility index (Phi) is 7.72. The van der Waals surface area contributed by atoms with Crippen LogP contribution in [-0.4, -0.2) is 30.8 Å². The van der Waals surface area contributed by atoms with E-state index in [0.29, 0.717) is 18.2 Å². The van der Waals surface area contributed by atoms with Crippen LogP contribution in [0, 0.1) is 12.8 Å². The smallest absolute Gasteiger partial charge is 0.434 e. The Labute approximate surface area is 193 Å². The van der Waals surface area contributed by atoms with Crippen molar-refractivity contribution < 1.29 is 27.3 Å². The Morgan fingerprint density at radius 1 is 1.09 bits per heavy atom. The molecule has 178 valence electrons. The van der Waals surface area contributed by atoms with E-state index in [4.69, 9.17) is 0 Å². The maximum atomic E-state index is 13.1. The van der Waals surface area contributed by atoms with Gasteiger partial charge >= 0.3 is 6.18 Å². The molecule has 1 heterocycles. The third kappa shape index (κ3) is 5.69. The van der Waals surface area contributed by atoms with E-state index in [-0.39, 0.29) is 41.1 Å². The van der Waals surface area contributed by atoms with Crippen LogP contribution in [0.25, 0.3) is 5.57 Å². The van der Waals surface area contributed by atoms with Crippen molar-refractivity contribution in [3.8, 4) is 0 Å². The number of hydrogen-bond acceptors (Lipinski definition) is 5. The number of carbonyl (C=O) groups is 1. The highest BCUT2D eigenvalue weighted by atomic mass is 32.2. The molecular formula is C24H27F3N2O3S. The number of aromatic nitrogens is 2. The predicted molar refractivity (Wildman–Crippen MR) is 120 cm³/mol. The molecule has 3 rings (SSSR count). The molecular weight excluding hydrogens is 453 g/mol. The van der Waals surface area contributed by atoms with Crippen LogP contribution in [0.1, 0.15) is 61.1 Å². The number of alkyl halides is 3. The first-order chi connectivity index (χ1) is 15.5. The summed E-state index contributed by atoms with van der Waals surface area (Å²) in [5.74, 6) is -0.180. The quantitative estimate of drug-likeness (QED) is 0.576. The van der Waals surface area contributed by atoms with E-state index >= 15 is 0 Å². The Morgan fingerprint density at radius 3 is 2.21 bits per heavy atom. The Balaban J connectivity index is 1.74. The lowest BCUT2D eigenvalue weighted by Gasteiger charge is -2.26. The number of carbonyl (C=O) groups excluding carboxylic acids is 1. The van der Waals surface area contributed by atoms with Gasteiger partial charge in [0, 0.05) is 18.6 Å². The molecule has 2 atom stereocenters. The molecule has 0 aliphatic heterocycles. The number of halogens is 3. The van der Waals surface area contributed by atoms with Gasteiger partial charge in [-0.05, 0) is 48.8 Å². The number of aliphatic hydroxyl groups excluding tert-OH is 1. The molecule has 0 bridgehead atoms. The van der Waals surface area contributed by atoms with Crippen molar-refractivity contribution in [3.05, 3.63) is 58.2 Å².